The average molecular weight is 240 g/mol. The molecular formula is C13H17FO3. The third-order valence-corrected chi connectivity index (χ3v) is 3.13. The number of aliphatic hydroxyl groups is 2. The molecule has 17 heavy (non-hydrogen) atoms. The maximum atomic E-state index is 13.7. The Morgan fingerprint density at radius 3 is 2.71 bits per heavy atom. The first-order valence-corrected chi connectivity index (χ1v) is 5.90. The molecule has 0 bridgehead atoms. The van der Waals surface area contributed by atoms with Crippen LogP contribution >= 0.6 is 0 Å². The summed E-state index contributed by atoms with van der Waals surface area (Å²) in [5.74, 6) is -0.358. The molecule has 0 heterocycles. The van der Waals surface area contributed by atoms with Gasteiger partial charge in [-0.15, -0.1) is 0 Å². The number of benzene rings is 1. The third kappa shape index (κ3) is 2.76. The maximum Gasteiger partial charge on any atom is 0.165 e. The van der Waals surface area contributed by atoms with Gasteiger partial charge in [0.25, 0.3) is 0 Å². The molecule has 0 amide bonds. The van der Waals surface area contributed by atoms with E-state index in [9.17, 15) is 14.6 Å². The lowest BCUT2D eigenvalue weighted by atomic mass is 10.1. The monoisotopic (exact) mass is 240 g/mol. The van der Waals surface area contributed by atoms with Crippen molar-refractivity contribution in [3.05, 3.63) is 29.6 Å². The summed E-state index contributed by atoms with van der Waals surface area (Å²) in [6.45, 7) is 1.58. The summed E-state index contributed by atoms with van der Waals surface area (Å²) in [7, 11) is 0. The van der Waals surface area contributed by atoms with Gasteiger partial charge in [-0.1, -0.05) is 6.07 Å². The van der Waals surface area contributed by atoms with Gasteiger partial charge in [0, 0.05) is 0 Å². The van der Waals surface area contributed by atoms with Crippen molar-refractivity contribution >= 4 is 0 Å². The first-order valence-electron chi connectivity index (χ1n) is 5.90. The molecule has 3 atom stereocenters. The van der Waals surface area contributed by atoms with Gasteiger partial charge in [-0.2, -0.15) is 0 Å². The van der Waals surface area contributed by atoms with Crippen LogP contribution in [0.4, 0.5) is 4.39 Å². The molecule has 1 aliphatic rings. The molecule has 0 aliphatic heterocycles. The molecular weight excluding hydrogens is 223 g/mol. The fourth-order valence-corrected chi connectivity index (χ4v) is 2.08. The van der Waals surface area contributed by atoms with Crippen molar-refractivity contribution in [2.24, 2.45) is 0 Å². The van der Waals surface area contributed by atoms with Crippen LogP contribution in [-0.4, -0.2) is 22.4 Å². The zero-order valence-corrected chi connectivity index (χ0v) is 9.77. The molecule has 94 valence electrons. The van der Waals surface area contributed by atoms with Crippen molar-refractivity contribution < 1.29 is 19.3 Å². The Morgan fingerprint density at radius 2 is 2.18 bits per heavy atom. The molecule has 0 saturated heterocycles. The van der Waals surface area contributed by atoms with E-state index in [1.54, 1.807) is 13.0 Å². The fraction of sp³-hybridized carbons (Fsp3) is 0.538. The summed E-state index contributed by atoms with van der Waals surface area (Å²) < 4.78 is 19.1. The van der Waals surface area contributed by atoms with Crippen LogP contribution in [-0.2, 0) is 0 Å². The molecule has 1 fully saturated rings. The van der Waals surface area contributed by atoms with Gasteiger partial charge in [0.15, 0.2) is 11.6 Å². The Bertz CT molecular complexity index is 392. The third-order valence-electron chi connectivity index (χ3n) is 3.13. The smallest absolute Gasteiger partial charge is 0.165 e. The van der Waals surface area contributed by atoms with Gasteiger partial charge in [-0.3, -0.25) is 0 Å². The first-order chi connectivity index (χ1) is 8.08. The van der Waals surface area contributed by atoms with Crippen LogP contribution in [0.5, 0.6) is 5.75 Å². The van der Waals surface area contributed by atoms with Gasteiger partial charge >= 0.3 is 0 Å². The van der Waals surface area contributed by atoms with Crippen LogP contribution in [0.1, 0.15) is 37.9 Å². The second kappa shape index (κ2) is 5.02. The van der Waals surface area contributed by atoms with Gasteiger partial charge in [0.05, 0.1) is 12.2 Å². The highest BCUT2D eigenvalue weighted by Crippen LogP contribution is 2.28. The van der Waals surface area contributed by atoms with Gasteiger partial charge in [0.2, 0.25) is 0 Å². The van der Waals surface area contributed by atoms with E-state index in [-0.39, 0.29) is 11.9 Å². The highest BCUT2D eigenvalue weighted by molar-refractivity contribution is 5.30. The minimum Gasteiger partial charge on any atom is -0.485 e. The molecule has 2 N–H and O–H groups in total. The van der Waals surface area contributed by atoms with E-state index in [1.807, 2.05) is 0 Å². The summed E-state index contributed by atoms with van der Waals surface area (Å²) in [6, 6.07) is 4.40. The Balaban J connectivity index is 2.11. The van der Waals surface area contributed by atoms with Crippen molar-refractivity contribution in [1.82, 2.24) is 0 Å². The number of halogens is 1. The topological polar surface area (TPSA) is 49.7 Å². The molecule has 2 rings (SSSR count). The lowest BCUT2D eigenvalue weighted by Gasteiger charge is -2.18. The molecule has 3 nitrogen and oxygen atoms in total. The molecule has 0 aromatic heterocycles. The second-order valence-electron chi connectivity index (χ2n) is 4.52. The van der Waals surface area contributed by atoms with Crippen molar-refractivity contribution in [2.75, 3.05) is 0 Å². The Labute approximate surface area is 99.8 Å². The average Bonchev–Trinajstić information content (AvgIpc) is 2.67. The molecule has 0 radical (unpaired) electrons. The van der Waals surface area contributed by atoms with E-state index in [1.165, 1.54) is 12.1 Å². The summed E-state index contributed by atoms with van der Waals surface area (Å²) in [5.41, 5.74) is 0.516. The summed E-state index contributed by atoms with van der Waals surface area (Å²) >= 11 is 0. The van der Waals surface area contributed by atoms with Gasteiger partial charge in [0.1, 0.15) is 6.10 Å². The van der Waals surface area contributed by atoms with Crippen LogP contribution in [0.25, 0.3) is 0 Å². The van der Waals surface area contributed by atoms with Gasteiger partial charge in [-0.05, 0) is 43.9 Å². The van der Waals surface area contributed by atoms with Crippen LogP contribution in [0.15, 0.2) is 18.2 Å². The Hall–Kier alpha value is -1.13. The second-order valence-corrected chi connectivity index (χ2v) is 4.52. The van der Waals surface area contributed by atoms with Gasteiger partial charge < -0.3 is 14.9 Å². The summed E-state index contributed by atoms with van der Waals surface area (Å²) in [4.78, 5) is 0. The SMILES string of the molecule is C[C@@H](O)c1ccc(OC2CCCC2O)c(F)c1. The number of ether oxygens (including phenoxy) is 1. The van der Waals surface area contributed by atoms with Gasteiger partial charge in [-0.25, -0.2) is 4.39 Å². The summed E-state index contributed by atoms with van der Waals surface area (Å²) in [6.07, 6.45) is 0.832. The quantitative estimate of drug-likeness (QED) is 0.851. The van der Waals surface area contributed by atoms with E-state index in [2.05, 4.69) is 0 Å². The number of hydrogen-bond donors (Lipinski definition) is 2. The number of aliphatic hydroxyl groups excluding tert-OH is 2. The highest BCUT2D eigenvalue weighted by atomic mass is 19.1. The van der Waals surface area contributed by atoms with E-state index in [0.29, 0.717) is 12.0 Å². The minimum absolute atomic E-state index is 0.139. The zero-order valence-electron chi connectivity index (χ0n) is 9.77. The zero-order chi connectivity index (χ0) is 12.4. The minimum atomic E-state index is -0.698. The van der Waals surface area contributed by atoms with Crippen molar-refractivity contribution in [1.29, 1.82) is 0 Å². The Kier molecular flexibility index (Phi) is 3.64. The Morgan fingerprint density at radius 1 is 1.41 bits per heavy atom. The fourth-order valence-electron chi connectivity index (χ4n) is 2.08. The molecule has 4 heteroatoms. The summed E-state index contributed by atoms with van der Waals surface area (Å²) in [5, 5.41) is 18.9. The molecule has 2 unspecified atom stereocenters. The van der Waals surface area contributed by atoms with Crippen LogP contribution in [0, 0.1) is 5.82 Å². The molecule has 1 aromatic carbocycles. The van der Waals surface area contributed by atoms with E-state index in [4.69, 9.17) is 4.74 Å². The van der Waals surface area contributed by atoms with Crippen molar-refractivity contribution in [2.45, 2.75) is 44.5 Å². The number of rotatable bonds is 3. The normalized spacial score (nSPS) is 25.9. The maximum absolute atomic E-state index is 13.7. The van der Waals surface area contributed by atoms with Crippen LogP contribution in [0.3, 0.4) is 0 Å². The van der Waals surface area contributed by atoms with Crippen LogP contribution < -0.4 is 4.74 Å². The van der Waals surface area contributed by atoms with Crippen molar-refractivity contribution in [3.8, 4) is 5.75 Å². The molecule has 0 spiro atoms. The lowest BCUT2D eigenvalue weighted by Crippen LogP contribution is -2.26. The lowest BCUT2D eigenvalue weighted by molar-refractivity contribution is 0.0578. The number of hydrogen-bond acceptors (Lipinski definition) is 3. The largest absolute Gasteiger partial charge is 0.485 e. The first kappa shape index (κ1) is 12.3. The molecule has 1 aliphatic carbocycles. The van der Waals surface area contributed by atoms with E-state index < -0.39 is 18.0 Å². The van der Waals surface area contributed by atoms with E-state index in [0.717, 1.165) is 12.8 Å². The van der Waals surface area contributed by atoms with E-state index >= 15 is 0 Å². The van der Waals surface area contributed by atoms with Crippen LogP contribution in [0.2, 0.25) is 0 Å². The predicted molar refractivity (Wildman–Crippen MR) is 61.3 cm³/mol. The molecule has 1 aromatic rings. The highest BCUT2D eigenvalue weighted by Gasteiger charge is 2.27. The standard InChI is InChI=1S/C13H17FO3/c1-8(15)9-5-6-12(10(14)7-9)17-13-4-2-3-11(13)16/h5-8,11,13,15-16H,2-4H2,1H3/t8-,11?,13?/m1/s1. The molecule has 1 saturated carbocycles. The predicted octanol–water partition coefficient (Wildman–Crippen LogP) is 2.17. The van der Waals surface area contributed by atoms with Crippen molar-refractivity contribution in [3.63, 3.8) is 0 Å².